The summed E-state index contributed by atoms with van der Waals surface area (Å²) in [6.45, 7) is 0. The van der Waals surface area contributed by atoms with Crippen LogP contribution in [-0.4, -0.2) is 11.6 Å². The second-order valence-electron chi connectivity index (χ2n) is 6.24. The summed E-state index contributed by atoms with van der Waals surface area (Å²) >= 11 is 0. The van der Waals surface area contributed by atoms with Crippen LogP contribution in [0.3, 0.4) is 0 Å². The Hall–Kier alpha value is -1.80. The van der Waals surface area contributed by atoms with Crippen molar-refractivity contribution in [3.05, 3.63) is 65.2 Å². The van der Waals surface area contributed by atoms with Crippen LogP contribution in [0.1, 0.15) is 23.1 Å². The lowest BCUT2D eigenvalue weighted by Gasteiger charge is -2.26. The maximum Gasteiger partial charge on any atom is 0.123 e. The lowest BCUT2D eigenvalue weighted by molar-refractivity contribution is 0.181. The highest BCUT2D eigenvalue weighted by Crippen LogP contribution is 2.36. The van der Waals surface area contributed by atoms with Crippen LogP contribution in [-0.2, 0) is 19.3 Å². The minimum Gasteiger partial charge on any atom is -0.490 e. The third kappa shape index (κ3) is 2.01. The molecule has 1 heterocycles. The highest BCUT2D eigenvalue weighted by atomic mass is 16.5. The van der Waals surface area contributed by atoms with E-state index in [4.69, 9.17) is 10.5 Å². The normalized spacial score (nSPS) is 22.1. The largest absolute Gasteiger partial charge is 0.490 e. The molecule has 1 unspecified atom stereocenters. The SMILES string of the molecule is NC1(CC2Cc3ccccc3O2)Cc2ccccc2C1. The van der Waals surface area contributed by atoms with Crippen LogP contribution in [0.2, 0.25) is 0 Å². The number of fused-ring (bicyclic) bond motifs is 2. The van der Waals surface area contributed by atoms with Gasteiger partial charge in [0.15, 0.2) is 0 Å². The van der Waals surface area contributed by atoms with E-state index in [0.717, 1.165) is 31.4 Å². The summed E-state index contributed by atoms with van der Waals surface area (Å²) < 4.78 is 6.05. The van der Waals surface area contributed by atoms with Crippen molar-refractivity contribution in [2.24, 2.45) is 5.73 Å². The Morgan fingerprint density at radius 1 is 0.950 bits per heavy atom. The van der Waals surface area contributed by atoms with E-state index in [1.54, 1.807) is 0 Å². The van der Waals surface area contributed by atoms with Gasteiger partial charge in [0.2, 0.25) is 0 Å². The molecule has 0 aromatic heterocycles. The molecule has 0 bridgehead atoms. The standard InChI is InChI=1S/C18H19NO/c19-18(10-14-6-1-2-7-15(14)11-18)12-16-9-13-5-3-4-8-17(13)20-16/h1-8,16H,9-12,19H2. The lowest BCUT2D eigenvalue weighted by Crippen LogP contribution is -2.44. The number of hydrogen-bond acceptors (Lipinski definition) is 2. The van der Waals surface area contributed by atoms with Crippen molar-refractivity contribution in [3.63, 3.8) is 0 Å². The van der Waals surface area contributed by atoms with Crippen LogP contribution in [0.4, 0.5) is 0 Å². The first-order valence-corrected chi connectivity index (χ1v) is 7.32. The summed E-state index contributed by atoms with van der Waals surface area (Å²) in [4.78, 5) is 0. The van der Waals surface area contributed by atoms with Crippen molar-refractivity contribution < 1.29 is 4.74 Å². The predicted molar refractivity (Wildman–Crippen MR) is 79.9 cm³/mol. The van der Waals surface area contributed by atoms with Gasteiger partial charge in [-0.25, -0.2) is 0 Å². The van der Waals surface area contributed by atoms with Crippen LogP contribution >= 0.6 is 0 Å². The van der Waals surface area contributed by atoms with Gasteiger partial charge in [0, 0.05) is 18.4 Å². The quantitative estimate of drug-likeness (QED) is 0.906. The number of benzene rings is 2. The van der Waals surface area contributed by atoms with Crippen LogP contribution in [0.15, 0.2) is 48.5 Å². The molecule has 2 aromatic rings. The zero-order chi connectivity index (χ0) is 13.6. The van der Waals surface area contributed by atoms with Gasteiger partial charge in [0.1, 0.15) is 11.9 Å². The molecule has 1 atom stereocenters. The summed E-state index contributed by atoms with van der Waals surface area (Å²) in [5.74, 6) is 1.04. The van der Waals surface area contributed by atoms with E-state index in [0.29, 0.717) is 0 Å². The Bertz CT molecular complexity index is 599. The fourth-order valence-corrected chi connectivity index (χ4v) is 3.69. The second kappa shape index (κ2) is 4.35. The van der Waals surface area contributed by atoms with Gasteiger partial charge in [-0.1, -0.05) is 42.5 Å². The molecular formula is C18H19NO. The molecule has 0 fully saturated rings. The van der Waals surface area contributed by atoms with E-state index in [2.05, 4.69) is 42.5 Å². The molecule has 0 radical (unpaired) electrons. The van der Waals surface area contributed by atoms with Crippen molar-refractivity contribution in [1.82, 2.24) is 0 Å². The minimum atomic E-state index is -0.142. The monoisotopic (exact) mass is 265 g/mol. The van der Waals surface area contributed by atoms with Gasteiger partial charge in [-0.3, -0.25) is 0 Å². The second-order valence-corrected chi connectivity index (χ2v) is 6.24. The van der Waals surface area contributed by atoms with Gasteiger partial charge >= 0.3 is 0 Å². The molecule has 0 saturated carbocycles. The van der Waals surface area contributed by atoms with E-state index in [1.807, 2.05) is 6.07 Å². The first kappa shape index (κ1) is 12.0. The molecule has 1 aliphatic carbocycles. The van der Waals surface area contributed by atoms with Gasteiger partial charge in [0.25, 0.3) is 0 Å². The van der Waals surface area contributed by atoms with Crippen molar-refractivity contribution in [1.29, 1.82) is 0 Å². The molecule has 2 nitrogen and oxygen atoms in total. The van der Waals surface area contributed by atoms with E-state index >= 15 is 0 Å². The Morgan fingerprint density at radius 3 is 2.20 bits per heavy atom. The maximum absolute atomic E-state index is 6.64. The molecule has 4 rings (SSSR count). The topological polar surface area (TPSA) is 35.2 Å². The van der Waals surface area contributed by atoms with E-state index in [-0.39, 0.29) is 11.6 Å². The molecule has 102 valence electrons. The van der Waals surface area contributed by atoms with Gasteiger partial charge in [-0.15, -0.1) is 0 Å². The first-order valence-electron chi connectivity index (χ1n) is 7.32. The molecule has 1 aliphatic heterocycles. The Kier molecular flexibility index (Phi) is 2.61. The molecular weight excluding hydrogens is 246 g/mol. The fraction of sp³-hybridized carbons (Fsp3) is 0.333. The highest BCUT2D eigenvalue weighted by molar-refractivity contribution is 5.39. The molecule has 2 N–H and O–H groups in total. The summed E-state index contributed by atoms with van der Waals surface area (Å²) in [5.41, 5.74) is 10.6. The molecule has 2 aliphatic rings. The smallest absolute Gasteiger partial charge is 0.123 e. The van der Waals surface area contributed by atoms with E-state index in [9.17, 15) is 0 Å². The summed E-state index contributed by atoms with van der Waals surface area (Å²) in [5, 5.41) is 0. The number of hydrogen-bond donors (Lipinski definition) is 1. The van der Waals surface area contributed by atoms with Crippen molar-refractivity contribution in [3.8, 4) is 5.75 Å². The zero-order valence-corrected chi connectivity index (χ0v) is 11.5. The average molecular weight is 265 g/mol. The Labute approximate surface area is 119 Å². The summed E-state index contributed by atoms with van der Waals surface area (Å²) in [7, 11) is 0. The highest BCUT2D eigenvalue weighted by Gasteiger charge is 2.37. The fourth-order valence-electron chi connectivity index (χ4n) is 3.69. The van der Waals surface area contributed by atoms with Gasteiger partial charge < -0.3 is 10.5 Å². The third-order valence-corrected chi connectivity index (χ3v) is 4.55. The summed E-state index contributed by atoms with van der Waals surface area (Å²) in [6, 6.07) is 16.9. The number of para-hydroxylation sites is 1. The number of nitrogens with two attached hydrogens (primary N) is 1. The van der Waals surface area contributed by atoms with Gasteiger partial charge in [-0.2, -0.15) is 0 Å². The third-order valence-electron chi connectivity index (χ3n) is 4.55. The van der Waals surface area contributed by atoms with Gasteiger partial charge in [-0.05, 0) is 35.6 Å². The van der Waals surface area contributed by atoms with E-state index < -0.39 is 0 Å². The predicted octanol–water partition coefficient (Wildman–Crippen LogP) is 2.88. The number of rotatable bonds is 2. The van der Waals surface area contributed by atoms with Crippen LogP contribution in [0.5, 0.6) is 5.75 Å². The van der Waals surface area contributed by atoms with E-state index in [1.165, 1.54) is 16.7 Å². The van der Waals surface area contributed by atoms with Gasteiger partial charge in [0.05, 0.1) is 0 Å². The molecule has 20 heavy (non-hydrogen) atoms. The molecule has 2 heteroatoms. The maximum atomic E-state index is 6.64. The van der Waals surface area contributed by atoms with Crippen molar-refractivity contribution in [2.45, 2.75) is 37.3 Å². The molecule has 2 aromatic carbocycles. The molecule has 0 amide bonds. The Morgan fingerprint density at radius 2 is 1.55 bits per heavy atom. The lowest BCUT2D eigenvalue weighted by atomic mass is 9.88. The average Bonchev–Trinajstić information content (AvgIpc) is 2.97. The van der Waals surface area contributed by atoms with Crippen LogP contribution in [0.25, 0.3) is 0 Å². The Balaban J connectivity index is 1.49. The minimum absolute atomic E-state index is 0.142. The van der Waals surface area contributed by atoms with Crippen LogP contribution < -0.4 is 10.5 Å². The summed E-state index contributed by atoms with van der Waals surface area (Å²) in [6.07, 6.45) is 4.09. The van der Waals surface area contributed by atoms with Crippen molar-refractivity contribution in [2.75, 3.05) is 0 Å². The zero-order valence-electron chi connectivity index (χ0n) is 11.5. The van der Waals surface area contributed by atoms with Crippen molar-refractivity contribution >= 4 is 0 Å². The first-order chi connectivity index (χ1) is 9.72. The number of ether oxygens (including phenoxy) is 1. The molecule has 0 spiro atoms. The van der Waals surface area contributed by atoms with Crippen LogP contribution in [0, 0.1) is 0 Å². The molecule has 0 saturated heterocycles.